The summed E-state index contributed by atoms with van der Waals surface area (Å²) in [5, 5.41) is 0.513. The summed E-state index contributed by atoms with van der Waals surface area (Å²) < 4.78 is 0. The number of likely N-dealkylation sites (tertiary alicyclic amines) is 1. The van der Waals surface area contributed by atoms with E-state index in [0.717, 1.165) is 19.5 Å². The fourth-order valence-electron chi connectivity index (χ4n) is 1.33. The van der Waals surface area contributed by atoms with Crippen LogP contribution >= 0.6 is 11.8 Å². The first-order valence-electron chi connectivity index (χ1n) is 4.22. The van der Waals surface area contributed by atoms with Crippen LogP contribution in [0.4, 0.5) is 0 Å². The lowest BCUT2D eigenvalue weighted by Crippen LogP contribution is -2.37. The molecule has 1 aliphatic rings. The fourth-order valence-corrected chi connectivity index (χ4v) is 1.66. The van der Waals surface area contributed by atoms with Gasteiger partial charge in [0.25, 0.3) is 0 Å². The van der Waals surface area contributed by atoms with Crippen LogP contribution in [0.2, 0.25) is 0 Å². The van der Waals surface area contributed by atoms with Crippen molar-refractivity contribution < 1.29 is 4.79 Å². The zero-order valence-electron chi connectivity index (χ0n) is 7.62. The van der Waals surface area contributed by atoms with Gasteiger partial charge in [0.15, 0.2) is 0 Å². The first-order valence-corrected chi connectivity index (χ1v) is 5.51. The van der Waals surface area contributed by atoms with Crippen LogP contribution in [0.25, 0.3) is 0 Å². The molecule has 0 bridgehead atoms. The Labute approximate surface area is 77.7 Å². The van der Waals surface area contributed by atoms with E-state index in [0.29, 0.717) is 5.25 Å². The first-order chi connectivity index (χ1) is 5.65. The summed E-state index contributed by atoms with van der Waals surface area (Å²) in [5.41, 5.74) is 5.59. The van der Waals surface area contributed by atoms with Gasteiger partial charge in [-0.1, -0.05) is 6.92 Å². The smallest absolute Gasteiger partial charge is 0.239 e. The largest absolute Gasteiger partial charge is 0.340 e. The van der Waals surface area contributed by atoms with E-state index in [1.54, 1.807) is 11.8 Å². The minimum absolute atomic E-state index is 0.121. The standard InChI is InChI=1S/C8H16N2OS/c1-6(12-2)5-10-4-3-7(9)8(10)11/h6-7H,3-5,9H2,1-2H3. The van der Waals surface area contributed by atoms with Crippen molar-refractivity contribution in [3.05, 3.63) is 0 Å². The monoisotopic (exact) mass is 188 g/mol. The second kappa shape index (κ2) is 4.14. The van der Waals surface area contributed by atoms with Gasteiger partial charge in [0.1, 0.15) is 0 Å². The van der Waals surface area contributed by atoms with Crippen LogP contribution in [0.5, 0.6) is 0 Å². The number of rotatable bonds is 3. The average molecular weight is 188 g/mol. The van der Waals surface area contributed by atoms with E-state index in [1.165, 1.54) is 0 Å². The minimum atomic E-state index is -0.237. The van der Waals surface area contributed by atoms with Gasteiger partial charge in [0.2, 0.25) is 5.91 Å². The minimum Gasteiger partial charge on any atom is -0.340 e. The van der Waals surface area contributed by atoms with Gasteiger partial charge >= 0.3 is 0 Å². The normalized spacial score (nSPS) is 26.4. The van der Waals surface area contributed by atoms with Gasteiger partial charge in [0.05, 0.1) is 6.04 Å². The van der Waals surface area contributed by atoms with E-state index in [-0.39, 0.29) is 11.9 Å². The molecule has 0 aromatic carbocycles. The first kappa shape index (κ1) is 9.86. The molecule has 12 heavy (non-hydrogen) atoms. The van der Waals surface area contributed by atoms with Crippen molar-refractivity contribution in [2.24, 2.45) is 5.73 Å². The topological polar surface area (TPSA) is 46.3 Å². The molecule has 3 nitrogen and oxygen atoms in total. The summed E-state index contributed by atoms with van der Waals surface area (Å²) in [6.45, 7) is 3.81. The molecule has 2 unspecified atom stereocenters. The van der Waals surface area contributed by atoms with E-state index >= 15 is 0 Å². The van der Waals surface area contributed by atoms with Crippen molar-refractivity contribution in [1.82, 2.24) is 4.90 Å². The number of nitrogens with zero attached hydrogens (tertiary/aromatic N) is 1. The van der Waals surface area contributed by atoms with Gasteiger partial charge in [-0.2, -0.15) is 11.8 Å². The molecular weight excluding hydrogens is 172 g/mol. The molecule has 0 spiro atoms. The van der Waals surface area contributed by atoms with Gasteiger partial charge in [-0.25, -0.2) is 0 Å². The fraction of sp³-hybridized carbons (Fsp3) is 0.875. The van der Waals surface area contributed by atoms with Crippen LogP contribution < -0.4 is 5.73 Å². The zero-order valence-corrected chi connectivity index (χ0v) is 8.43. The number of hydrogen-bond donors (Lipinski definition) is 1. The third-order valence-electron chi connectivity index (χ3n) is 2.22. The Bertz CT molecular complexity index is 174. The Balaban J connectivity index is 2.39. The Morgan fingerprint density at radius 2 is 2.50 bits per heavy atom. The molecule has 1 fully saturated rings. The van der Waals surface area contributed by atoms with E-state index in [4.69, 9.17) is 5.73 Å². The molecule has 0 aliphatic carbocycles. The third-order valence-corrected chi connectivity index (χ3v) is 3.17. The molecule has 4 heteroatoms. The van der Waals surface area contributed by atoms with Crippen LogP contribution in [0.3, 0.4) is 0 Å². The summed E-state index contributed by atoms with van der Waals surface area (Å²) in [7, 11) is 0. The van der Waals surface area contributed by atoms with E-state index < -0.39 is 0 Å². The quantitative estimate of drug-likeness (QED) is 0.693. The summed E-state index contributed by atoms with van der Waals surface area (Å²) in [6.07, 6.45) is 2.88. The maximum Gasteiger partial charge on any atom is 0.239 e. The summed E-state index contributed by atoms with van der Waals surface area (Å²) in [5.74, 6) is 0.121. The molecular formula is C8H16N2OS. The Morgan fingerprint density at radius 1 is 1.83 bits per heavy atom. The number of thioether (sulfide) groups is 1. The van der Waals surface area contributed by atoms with E-state index in [2.05, 4.69) is 13.2 Å². The van der Waals surface area contributed by atoms with Crippen molar-refractivity contribution in [1.29, 1.82) is 0 Å². The second-order valence-electron chi connectivity index (χ2n) is 3.23. The molecule has 1 aliphatic heterocycles. The van der Waals surface area contributed by atoms with E-state index in [1.807, 2.05) is 4.90 Å². The highest BCUT2D eigenvalue weighted by Crippen LogP contribution is 2.13. The number of amides is 1. The molecule has 0 aromatic heterocycles. The van der Waals surface area contributed by atoms with Crippen molar-refractivity contribution in [3.8, 4) is 0 Å². The lowest BCUT2D eigenvalue weighted by molar-refractivity contribution is -0.128. The lowest BCUT2D eigenvalue weighted by Gasteiger charge is -2.19. The van der Waals surface area contributed by atoms with Gasteiger partial charge in [-0.3, -0.25) is 4.79 Å². The maximum atomic E-state index is 11.3. The predicted octanol–water partition coefficient (Wildman–Crippen LogP) is 0.297. The Hall–Kier alpha value is -0.220. The van der Waals surface area contributed by atoms with Crippen molar-refractivity contribution in [2.75, 3.05) is 19.3 Å². The van der Waals surface area contributed by atoms with E-state index in [9.17, 15) is 4.79 Å². The average Bonchev–Trinajstić information content (AvgIpc) is 2.36. The molecule has 1 heterocycles. The van der Waals surface area contributed by atoms with Crippen LogP contribution in [0.15, 0.2) is 0 Å². The molecule has 2 atom stereocenters. The number of nitrogens with two attached hydrogens (primary N) is 1. The molecule has 0 saturated carbocycles. The molecule has 0 radical (unpaired) electrons. The van der Waals surface area contributed by atoms with Gasteiger partial charge in [-0.05, 0) is 12.7 Å². The molecule has 1 rings (SSSR count). The highest BCUT2D eigenvalue weighted by molar-refractivity contribution is 7.99. The molecule has 1 amide bonds. The maximum absolute atomic E-state index is 11.3. The third kappa shape index (κ3) is 2.14. The van der Waals surface area contributed by atoms with Crippen LogP contribution in [-0.2, 0) is 4.79 Å². The lowest BCUT2D eigenvalue weighted by atomic mass is 10.3. The second-order valence-corrected chi connectivity index (χ2v) is 4.50. The van der Waals surface area contributed by atoms with Gasteiger partial charge < -0.3 is 10.6 Å². The summed E-state index contributed by atoms with van der Waals surface area (Å²) in [6, 6.07) is -0.237. The van der Waals surface area contributed by atoms with Crippen LogP contribution in [0.1, 0.15) is 13.3 Å². The van der Waals surface area contributed by atoms with Gasteiger partial charge in [0, 0.05) is 18.3 Å². The number of hydrogen-bond acceptors (Lipinski definition) is 3. The van der Waals surface area contributed by atoms with Crippen molar-refractivity contribution in [2.45, 2.75) is 24.6 Å². The van der Waals surface area contributed by atoms with Crippen molar-refractivity contribution >= 4 is 17.7 Å². The predicted molar refractivity (Wildman–Crippen MR) is 52.1 cm³/mol. The molecule has 2 N–H and O–H groups in total. The summed E-state index contributed by atoms with van der Waals surface area (Å²) in [4.78, 5) is 13.2. The highest BCUT2D eigenvalue weighted by atomic mass is 32.2. The zero-order chi connectivity index (χ0) is 9.14. The van der Waals surface area contributed by atoms with Gasteiger partial charge in [-0.15, -0.1) is 0 Å². The number of carbonyl (C=O) groups is 1. The molecule has 70 valence electrons. The molecule has 1 saturated heterocycles. The van der Waals surface area contributed by atoms with Crippen molar-refractivity contribution in [3.63, 3.8) is 0 Å². The Kier molecular flexibility index (Phi) is 3.40. The molecule has 0 aromatic rings. The Morgan fingerprint density at radius 3 is 2.92 bits per heavy atom. The highest BCUT2D eigenvalue weighted by Gasteiger charge is 2.28. The van der Waals surface area contributed by atoms with Crippen LogP contribution in [-0.4, -0.2) is 41.4 Å². The SMILES string of the molecule is CSC(C)CN1CCC(N)C1=O. The number of carbonyl (C=O) groups excluding carboxylic acids is 1. The van der Waals surface area contributed by atoms with Crippen LogP contribution in [0, 0.1) is 0 Å². The summed E-state index contributed by atoms with van der Waals surface area (Å²) >= 11 is 1.78.